The van der Waals surface area contributed by atoms with Gasteiger partial charge < -0.3 is 0 Å². The second-order valence-corrected chi connectivity index (χ2v) is 7.93. The van der Waals surface area contributed by atoms with E-state index in [1.807, 2.05) is 54.6 Å². The first kappa shape index (κ1) is 19.7. The molecule has 0 aliphatic rings. The van der Waals surface area contributed by atoms with Crippen molar-refractivity contribution in [2.24, 2.45) is 5.10 Å². The number of benzene rings is 3. The topological polar surface area (TPSA) is 43.1 Å². The molecule has 4 aromatic rings. The standard InChI is InChI=1S/C22H16Cl2N4S/c23-19-12-11-17(13-20(19)24)14-25-28-21(18-9-5-2-6-10-18)26-27-22(28)29-15-16-7-3-1-4-8-16/h1-14H,15H2/b25-14-. The minimum atomic E-state index is 0.487. The van der Waals surface area contributed by atoms with Gasteiger partial charge in [0.05, 0.1) is 16.3 Å². The first-order valence-corrected chi connectivity index (χ1v) is 10.6. The number of hydrogen-bond acceptors (Lipinski definition) is 4. The monoisotopic (exact) mass is 438 g/mol. The highest BCUT2D eigenvalue weighted by molar-refractivity contribution is 7.98. The number of nitrogens with zero attached hydrogens (tertiary/aromatic N) is 4. The Morgan fingerprint density at radius 3 is 2.31 bits per heavy atom. The van der Waals surface area contributed by atoms with Crippen LogP contribution in [0.15, 0.2) is 89.1 Å². The van der Waals surface area contributed by atoms with E-state index in [9.17, 15) is 0 Å². The second-order valence-electron chi connectivity index (χ2n) is 6.18. The molecule has 0 aliphatic heterocycles. The summed E-state index contributed by atoms with van der Waals surface area (Å²) < 4.78 is 1.76. The highest BCUT2D eigenvalue weighted by atomic mass is 35.5. The summed E-state index contributed by atoms with van der Waals surface area (Å²) >= 11 is 13.7. The Bertz CT molecular complexity index is 1130. The molecule has 0 saturated carbocycles. The highest BCUT2D eigenvalue weighted by Gasteiger charge is 2.14. The van der Waals surface area contributed by atoms with Crippen LogP contribution in [0, 0.1) is 0 Å². The molecular formula is C22H16Cl2N4S. The minimum Gasteiger partial charge on any atom is -0.187 e. The van der Waals surface area contributed by atoms with Gasteiger partial charge in [0.25, 0.3) is 0 Å². The fraction of sp³-hybridized carbons (Fsp3) is 0.0455. The van der Waals surface area contributed by atoms with E-state index in [-0.39, 0.29) is 0 Å². The number of hydrogen-bond donors (Lipinski definition) is 0. The summed E-state index contributed by atoms with van der Waals surface area (Å²) in [5.41, 5.74) is 2.99. The molecule has 3 aromatic carbocycles. The zero-order valence-electron chi connectivity index (χ0n) is 15.2. The molecule has 29 heavy (non-hydrogen) atoms. The molecule has 0 aliphatic carbocycles. The lowest BCUT2D eigenvalue weighted by Crippen LogP contribution is -1.97. The largest absolute Gasteiger partial charge is 0.212 e. The maximum absolute atomic E-state index is 6.12. The minimum absolute atomic E-state index is 0.487. The second kappa shape index (κ2) is 9.27. The summed E-state index contributed by atoms with van der Waals surface area (Å²) in [6.45, 7) is 0. The Kier molecular flexibility index (Phi) is 6.30. The smallest absolute Gasteiger partial charge is 0.187 e. The van der Waals surface area contributed by atoms with Crippen molar-refractivity contribution in [3.8, 4) is 11.4 Å². The Morgan fingerprint density at radius 2 is 1.59 bits per heavy atom. The molecule has 0 radical (unpaired) electrons. The van der Waals surface area contributed by atoms with Crippen molar-refractivity contribution < 1.29 is 0 Å². The first-order valence-electron chi connectivity index (χ1n) is 8.88. The molecular weight excluding hydrogens is 423 g/mol. The Balaban J connectivity index is 1.67. The predicted molar refractivity (Wildman–Crippen MR) is 121 cm³/mol. The number of thioether (sulfide) groups is 1. The molecule has 0 bridgehead atoms. The first-order chi connectivity index (χ1) is 14.2. The van der Waals surface area contributed by atoms with Crippen LogP contribution in [0.1, 0.15) is 11.1 Å². The molecule has 0 saturated heterocycles. The van der Waals surface area contributed by atoms with Gasteiger partial charge in [-0.15, -0.1) is 10.2 Å². The summed E-state index contributed by atoms with van der Waals surface area (Å²) in [7, 11) is 0. The van der Waals surface area contributed by atoms with Crippen LogP contribution in [-0.4, -0.2) is 21.1 Å². The average Bonchev–Trinajstić information content (AvgIpc) is 3.17. The van der Waals surface area contributed by atoms with E-state index in [1.165, 1.54) is 5.56 Å². The van der Waals surface area contributed by atoms with Crippen LogP contribution in [0.5, 0.6) is 0 Å². The maximum Gasteiger partial charge on any atom is 0.212 e. The van der Waals surface area contributed by atoms with Gasteiger partial charge in [0.2, 0.25) is 5.16 Å². The fourth-order valence-corrected chi connectivity index (χ4v) is 3.82. The lowest BCUT2D eigenvalue weighted by molar-refractivity contribution is 0.772. The van der Waals surface area contributed by atoms with Crippen molar-refractivity contribution >= 4 is 41.2 Å². The van der Waals surface area contributed by atoms with Crippen LogP contribution in [0.25, 0.3) is 11.4 Å². The van der Waals surface area contributed by atoms with E-state index in [0.717, 1.165) is 16.9 Å². The van der Waals surface area contributed by atoms with E-state index in [0.29, 0.717) is 21.0 Å². The lowest BCUT2D eigenvalue weighted by atomic mass is 10.2. The van der Waals surface area contributed by atoms with Gasteiger partial charge in [-0.25, -0.2) is 0 Å². The van der Waals surface area contributed by atoms with Crippen molar-refractivity contribution in [2.45, 2.75) is 10.9 Å². The van der Waals surface area contributed by atoms with Gasteiger partial charge in [-0.1, -0.05) is 102 Å². The molecule has 0 amide bonds. The molecule has 0 fully saturated rings. The van der Waals surface area contributed by atoms with Crippen LogP contribution in [0.2, 0.25) is 10.0 Å². The van der Waals surface area contributed by atoms with E-state index < -0.39 is 0 Å². The van der Waals surface area contributed by atoms with Gasteiger partial charge in [-0.3, -0.25) is 0 Å². The molecule has 4 rings (SSSR count). The highest BCUT2D eigenvalue weighted by Crippen LogP contribution is 2.27. The molecule has 7 heteroatoms. The predicted octanol–water partition coefficient (Wildman–Crippen LogP) is 6.43. The third-order valence-corrected chi connectivity index (χ3v) is 5.85. The summed E-state index contributed by atoms with van der Waals surface area (Å²) in [6.07, 6.45) is 1.73. The molecule has 1 aromatic heterocycles. The van der Waals surface area contributed by atoms with Crippen molar-refractivity contribution in [3.05, 3.63) is 100 Å². The van der Waals surface area contributed by atoms with Gasteiger partial charge in [0.1, 0.15) is 0 Å². The van der Waals surface area contributed by atoms with E-state index >= 15 is 0 Å². The summed E-state index contributed by atoms with van der Waals surface area (Å²) in [4.78, 5) is 0. The van der Waals surface area contributed by atoms with Gasteiger partial charge >= 0.3 is 0 Å². The summed E-state index contributed by atoms with van der Waals surface area (Å²) in [6, 6.07) is 25.5. The van der Waals surface area contributed by atoms with Crippen LogP contribution in [0.4, 0.5) is 0 Å². The van der Waals surface area contributed by atoms with Gasteiger partial charge in [-0.2, -0.15) is 9.78 Å². The average molecular weight is 439 g/mol. The summed E-state index contributed by atoms with van der Waals surface area (Å²) in [5.74, 6) is 1.45. The third kappa shape index (κ3) is 4.88. The van der Waals surface area contributed by atoms with Gasteiger partial charge in [0.15, 0.2) is 5.82 Å². The van der Waals surface area contributed by atoms with Gasteiger partial charge in [-0.05, 0) is 23.3 Å². The van der Waals surface area contributed by atoms with Crippen LogP contribution >= 0.6 is 35.0 Å². The SMILES string of the molecule is Clc1ccc(/C=N\n2c(SCc3ccccc3)nnc2-c2ccccc2)cc1Cl. The normalized spacial score (nSPS) is 11.2. The Morgan fingerprint density at radius 1 is 0.862 bits per heavy atom. The third-order valence-electron chi connectivity index (χ3n) is 4.12. The lowest BCUT2D eigenvalue weighted by Gasteiger charge is -2.05. The quantitative estimate of drug-likeness (QED) is 0.257. The number of halogens is 2. The zero-order valence-corrected chi connectivity index (χ0v) is 17.6. The Labute approximate surface area is 183 Å². The van der Waals surface area contributed by atoms with Crippen molar-refractivity contribution in [1.82, 2.24) is 14.9 Å². The molecule has 0 atom stereocenters. The van der Waals surface area contributed by atoms with E-state index in [4.69, 9.17) is 23.2 Å². The van der Waals surface area contributed by atoms with Crippen molar-refractivity contribution in [1.29, 1.82) is 0 Å². The molecule has 0 N–H and O–H groups in total. The Hall–Kier alpha value is -2.60. The number of rotatable bonds is 6. The van der Waals surface area contributed by atoms with Crippen LogP contribution in [-0.2, 0) is 5.75 Å². The molecule has 0 unspecified atom stereocenters. The van der Waals surface area contributed by atoms with Crippen LogP contribution < -0.4 is 0 Å². The molecule has 1 heterocycles. The maximum atomic E-state index is 6.12. The zero-order chi connectivity index (χ0) is 20.1. The summed E-state index contributed by atoms with van der Waals surface area (Å²) in [5, 5.41) is 15.1. The van der Waals surface area contributed by atoms with Crippen molar-refractivity contribution in [3.63, 3.8) is 0 Å². The van der Waals surface area contributed by atoms with E-state index in [1.54, 1.807) is 34.8 Å². The van der Waals surface area contributed by atoms with Crippen LogP contribution in [0.3, 0.4) is 0 Å². The number of aromatic nitrogens is 3. The molecule has 144 valence electrons. The van der Waals surface area contributed by atoms with E-state index in [2.05, 4.69) is 27.4 Å². The fourth-order valence-electron chi connectivity index (χ4n) is 2.67. The molecule has 4 nitrogen and oxygen atoms in total. The van der Waals surface area contributed by atoms with Crippen molar-refractivity contribution in [2.75, 3.05) is 0 Å². The molecule has 0 spiro atoms. The van der Waals surface area contributed by atoms with Gasteiger partial charge in [0, 0.05) is 11.3 Å².